The third kappa shape index (κ3) is 2.77. The quantitative estimate of drug-likeness (QED) is 0.920. The highest BCUT2D eigenvalue weighted by atomic mass is 32.1. The van der Waals surface area contributed by atoms with E-state index < -0.39 is 0 Å². The minimum Gasteiger partial charge on any atom is -0.375 e. The van der Waals surface area contributed by atoms with Crippen molar-refractivity contribution in [2.75, 3.05) is 18.8 Å². The first kappa shape index (κ1) is 13.4. The van der Waals surface area contributed by atoms with Gasteiger partial charge in [0.2, 0.25) is 0 Å². The number of amides is 1. The largest absolute Gasteiger partial charge is 0.375 e. The number of benzene rings is 1. The second-order valence-corrected chi connectivity index (χ2v) is 6.49. The van der Waals surface area contributed by atoms with Gasteiger partial charge in [0.15, 0.2) is 5.13 Å². The zero-order valence-electron chi connectivity index (χ0n) is 11.6. The number of carbonyl (C=O) groups is 1. The highest BCUT2D eigenvalue weighted by Crippen LogP contribution is 2.31. The van der Waals surface area contributed by atoms with Crippen LogP contribution in [0.3, 0.4) is 0 Å². The zero-order chi connectivity index (χ0) is 14.1. The summed E-state index contributed by atoms with van der Waals surface area (Å²) < 4.78 is 0.983. The van der Waals surface area contributed by atoms with Gasteiger partial charge < -0.3 is 10.6 Å². The second-order valence-electron chi connectivity index (χ2n) is 5.43. The molecular weight excluding hydrogens is 270 g/mol. The average molecular weight is 289 g/mol. The number of aromatic nitrogens is 1. The molecule has 0 unspecified atom stereocenters. The highest BCUT2D eigenvalue weighted by Gasteiger charge is 2.27. The maximum absolute atomic E-state index is 12.6. The maximum atomic E-state index is 12.6. The molecule has 1 aromatic carbocycles. The van der Waals surface area contributed by atoms with Crippen LogP contribution in [0.2, 0.25) is 0 Å². The van der Waals surface area contributed by atoms with E-state index in [4.69, 9.17) is 5.73 Å². The molecule has 0 saturated heterocycles. The van der Waals surface area contributed by atoms with E-state index in [0.717, 1.165) is 35.3 Å². The van der Waals surface area contributed by atoms with E-state index in [9.17, 15) is 4.79 Å². The summed E-state index contributed by atoms with van der Waals surface area (Å²) in [4.78, 5) is 18.8. The average Bonchev–Trinajstić information content (AvgIpc) is 3.16. The number of nitrogens with zero attached hydrogens (tertiary/aromatic N) is 2. The molecule has 3 rings (SSSR count). The number of fused-ring (bicyclic) bond motifs is 1. The fourth-order valence-corrected chi connectivity index (χ4v) is 3.19. The highest BCUT2D eigenvalue weighted by molar-refractivity contribution is 7.22. The number of thiazole rings is 1. The summed E-state index contributed by atoms with van der Waals surface area (Å²) in [7, 11) is 0. The van der Waals surface area contributed by atoms with Gasteiger partial charge in [0, 0.05) is 18.7 Å². The summed E-state index contributed by atoms with van der Waals surface area (Å²) >= 11 is 1.43. The molecule has 1 amide bonds. The fraction of sp³-hybridized carbons (Fsp3) is 0.467. The van der Waals surface area contributed by atoms with Crippen LogP contribution < -0.4 is 5.73 Å². The van der Waals surface area contributed by atoms with Crippen molar-refractivity contribution in [2.45, 2.75) is 26.2 Å². The van der Waals surface area contributed by atoms with Crippen molar-refractivity contribution in [2.24, 2.45) is 5.92 Å². The Morgan fingerprint density at radius 3 is 3.00 bits per heavy atom. The van der Waals surface area contributed by atoms with Crippen molar-refractivity contribution in [1.82, 2.24) is 9.88 Å². The molecule has 1 aliphatic carbocycles. The molecule has 1 aliphatic rings. The van der Waals surface area contributed by atoms with Gasteiger partial charge in [0.1, 0.15) is 0 Å². The molecule has 2 N–H and O–H groups in total. The second kappa shape index (κ2) is 5.40. The van der Waals surface area contributed by atoms with Crippen LogP contribution in [0.1, 0.15) is 36.5 Å². The van der Waals surface area contributed by atoms with E-state index in [1.165, 1.54) is 24.2 Å². The summed E-state index contributed by atoms with van der Waals surface area (Å²) in [5.74, 6) is 0.848. The Hall–Kier alpha value is -1.62. The van der Waals surface area contributed by atoms with Crippen LogP contribution in [0.15, 0.2) is 18.2 Å². The van der Waals surface area contributed by atoms with E-state index in [0.29, 0.717) is 11.0 Å². The Labute approximate surface area is 122 Å². The third-order valence-corrected chi connectivity index (χ3v) is 4.46. The van der Waals surface area contributed by atoms with Gasteiger partial charge in [0.05, 0.1) is 10.2 Å². The molecule has 0 aliphatic heterocycles. The Kier molecular flexibility index (Phi) is 3.61. The summed E-state index contributed by atoms with van der Waals surface area (Å²) in [6, 6.07) is 5.66. The first-order valence-electron chi connectivity index (χ1n) is 7.12. The van der Waals surface area contributed by atoms with E-state index in [1.807, 2.05) is 23.1 Å². The molecule has 106 valence electrons. The lowest BCUT2D eigenvalue weighted by Gasteiger charge is -2.22. The molecule has 1 saturated carbocycles. The molecule has 4 nitrogen and oxygen atoms in total. The summed E-state index contributed by atoms with van der Waals surface area (Å²) in [5.41, 5.74) is 7.32. The first-order valence-corrected chi connectivity index (χ1v) is 7.94. The number of anilines is 1. The normalized spacial score (nSPS) is 14.7. The van der Waals surface area contributed by atoms with Crippen molar-refractivity contribution in [3.63, 3.8) is 0 Å². The molecule has 0 atom stereocenters. The minimum atomic E-state index is 0.132. The molecule has 1 aromatic heterocycles. The Morgan fingerprint density at radius 2 is 2.30 bits per heavy atom. The van der Waals surface area contributed by atoms with Gasteiger partial charge in [-0.2, -0.15) is 0 Å². The van der Waals surface area contributed by atoms with E-state index in [-0.39, 0.29) is 5.91 Å². The molecule has 0 radical (unpaired) electrons. The SMILES string of the molecule is CCCN(CC1CC1)C(=O)c1ccc2nc(N)sc2c1. The molecule has 0 spiro atoms. The monoisotopic (exact) mass is 289 g/mol. The number of nitrogen functional groups attached to an aromatic ring is 1. The van der Waals surface area contributed by atoms with Gasteiger partial charge in [0.25, 0.3) is 5.91 Å². The van der Waals surface area contributed by atoms with Crippen molar-refractivity contribution >= 4 is 32.6 Å². The third-order valence-electron chi connectivity index (χ3n) is 3.61. The van der Waals surface area contributed by atoms with Crippen LogP contribution in [-0.4, -0.2) is 28.9 Å². The maximum Gasteiger partial charge on any atom is 0.253 e. The summed E-state index contributed by atoms with van der Waals surface area (Å²) in [5, 5.41) is 0.549. The molecule has 1 heterocycles. The fourth-order valence-electron chi connectivity index (χ4n) is 2.42. The van der Waals surface area contributed by atoms with Gasteiger partial charge in [-0.3, -0.25) is 4.79 Å². The molecule has 5 heteroatoms. The molecule has 2 aromatic rings. The number of rotatable bonds is 5. The molecule has 20 heavy (non-hydrogen) atoms. The van der Waals surface area contributed by atoms with Crippen molar-refractivity contribution in [3.8, 4) is 0 Å². The van der Waals surface area contributed by atoms with Crippen LogP contribution >= 0.6 is 11.3 Å². The Bertz CT molecular complexity index is 633. The number of nitrogens with two attached hydrogens (primary N) is 1. The van der Waals surface area contributed by atoms with Crippen LogP contribution in [-0.2, 0) is 0 Å². The minimum absolute atomic E-state index is 0.132. The predicted octanol–water partition coefficient (Wildman–Crippen LogP) is 3.14. The summed E-state index contributed by atoms with van der Waals surface area (Å²) in [6.45, 7) is 3.84. The van der Waals surface area contributed by atoms with Crippen LogP contribution in [0, 0.1) is 5.92 Å². The van der Waals surface area contributed by atoms with Crippen molar-refractivity contribution in [1.29, 1.82) is 0 Å². The smallest absolute Gasteiger partial charge is 0.253 e. The lowest BCUT2D eigenvalue weighted by Crippen LogP contribution is -2.33. The Balaban J connectivity index is 1.84. The first-order chi connectivity index (χ1) is 9.67. The molecule has 0 bridgehead atoms. The van der Waals surface area contributed by atoms with Gasteiger partial charge in [-0.1, -0.05) is 18.3 Å². The Morgan fingerprint density at radius 1 is 1.50 bits per heavy atom. The topological polar surface area (TPSA) is 59.2 Å². The van der Waals surface area contributed by atoms with Gasteiger partial charge >= 0.3 is 0 Å². The standard InChI is InChI=1S/C15H19N3OS/c1-2-7-18(9-10-3-4-10)14(19)11-5-6-12-13(8-11)20-15(16)17-12/h5-6,8,10H,2-4,7,9H2,1H3,(H2,16,17). The number of hydrogen-bond donors (Lipinski definition) is 1. The van der Waals surface area contributed by atoms with Crippen molar-refractivity contribution in [3.05, 3.63) is 23.8 Å². The van der Waals surface area contributed by atoms with E-state index in [2.05, 4.69) is 11.9 Å². The van der Waals surface area contributed by atoms with E-state index >= 15 is 0 Å². The van der Waals surface area contributed by atoms with Crippen LogP contribution in [0.5, 0.6) is 0 Å². The predicted molar refractivity (Wildman–Crippen MR) is 83.0 cm³/mol. The van der Waals surface area contributed by atoms with E-state index in [1.54, 1.807) is 0 Å². The van der Waals surface area contributed by atoms with Gasteiger partial charge in [-0.15, -0.1) is 0 Å². The van der Waals surface area contributed by atoms with Crippen LogP contribution in [0.4, 0.5) is 5.13 Å². The molecule has 1 fully saturated rings. The lowest BCUT2D eigenvalue weighted by molar-refractivity contribution is 0.0748. The lowest BCUT2D eigenvalue weighted by atomic mass is 10.1. The molecular formula is C15H19N3OS. The summed E-state index contributed by atoms with van der Waals surface area (Å²) in [6.07, 6.45) is 3.52. The number of carbonyl (C=O) groups excluding carboxylic acids is 1. The van der Waals surface area contributed by atoms with Gasteiger partial charge in [-0.25, -0.2) is 4.98 Å². The zero-order valence-corrected chi connectivity index (χ0v) is 12.4. The van der Waals surface area contributed by atoms with Crippen LogP contribution in [0.25, 0.3) is 10.2 Å². The van der Waals surface area contributed by atoms with Crippen molar-refractivity contribution < 1.29 is 4.79 Å². The number of hydrogen-bond acceptors (Lipinski definition) is 4. The van der Waals surface area contributed by atoms with Gasteiger partial charge in [-0.05, 0) is 43.4 Å².